The molecular formula is C13H16N2O2. The molecule has 17 heavy (non-hydrogen) atoms. The lowest BCUT2D eigenvalue weighted by molar-refractivity contribution is 0.274. The maximum atomic E-state index is 8.93. The molecule has 2 aromatic rings. The fraction of sp³-hybridized carbons (Fsp3) is 0.308. The van der Waals surface area contributed by atoms with E-state index in [0.29, 0.717) is 6.54 Å². The highest BCUT2D eigenvalue weighted by molar-refractivity contribution is 5.28. The quantitative estimate of drug-likeness (QED) is 0.849. The molecule has 0 amide bonds. The van der Waals surface area contributed by atoms with Crippen molar-refractivity contribution in [2.45, 2.75) is 13.0 Å². The van der Waals surface area contributed by atoms with E-state index in [1.807, 2.05) is 35.0 Å². The standard InChI is InChI=1S/C13H16N2O2/c1-17-12-4-2-11(3-5-12)10-13-14-6-7-15(13)8-9-16/h2-7,16H,8-10H2,1H3. The average Bonchev–Trinajstić information content (AvgIpc) is 2.78. The summed E-state index contributed by atoms with van der Waals surface area (Å²) in [6, 6.07) is 7.93. The van der Waals surface area contributed by atoms with Crippen molar-refractivity contribution in [1.29, 1.82) is 0 Å². The minimum atomic E-state index is 0.131. The molecule has 0 spiro atoms. The van der Waals surface area contributed by atoms with Gasteiger partial charge in [0.25, 0.3) is 0 Å². The van der Waals surface area contributed by atoms with Gasteiger partial charge in [0.1, 0.15) is 11.6 Å². The highest BCUT2D eigenvalue weighted by Crippen LogP contribution is 2.14. The Morgan fingerprint density at radius 2 is 2.06 bits per heavy atom. The molecule has 0 atom stereocenters. The van der Waals surface area contributed by atoms with Crippen LogP contribution >= 0.6 is 0 Å². The normalized spacial score (nSPS) is 10.5. The molecule has 1 aromatic heterocycles. The van der Waals surface area contributed by atoms with Gasteiger partial charge < -0.3 is 14.4 Å². The number of aliphatic hydroxyl groups excluding tert-OH is 1. The van der Waals surface area contributed by atoms with Crippen molar-refractivity contribution in [3.05, 3.63) is 48.0 Å². The predicted octanol–water partition coefficient (Wildman–Crippen LogP) is 1.47. The number of ether oxygens (including phenoxy) is 1. The number of aromatic nitrogens is 2. The molecule has 2 rings (SSSR count). The number of rotatable bonds is 5. The predicted molar refractivity (Wildman–Crippen MR) is 65.1 cm³/mol. The molecule has 1 N–H and O–H groups in total. The Labute approximate surface area is 100 Å². The number of benzene rings is 1. The lowest BCUT2D eigenvalue weighted by Crippen LogP contribution is -2.06. The molecule has 90 valence electrons. The second kappa shape index (κ2) is 5.50. The first-order chi connectivity index (χ1) is 8.33. The molecule has 4 heteroatoms. The van der Waals surface area contributed by atoms with Crippen molar-refractivity contribution in [1.82, 2.24) is 9.55 Å². The van der Waals surface area contributed by atoms with Crippen molar-refractivity contribution >= 4 is 0 Å². The number of nitrogens with zero attached hydrogens (tertiary/aromatic N) is 2. The Balaban J connectivity index is 2.10. The lowest BCUT2D eigenvalue weighted by atomic mass is 10.1. The molecule has 0 saturated carbocycles. The van der Waals surface area contributed by atoms with Crippen molar-refractivity contribution < 1.29 is 9.84 Å². The van der Waals surface area contributed by atoms with Crippen LogP contribution in [-0.4, -0.2) is 28.4 Å². The SMILES string of the molecule is COc1ccc(Cc2nccn2CCO)cc1. The van der Waals surface area contributed by atoms with Gasteiger partial charge in [0.15, 0.2) is 0 Å². The van der Waals surface area contributed by atoms with Gasteiger partial charge in [0.05, 0.1) is 13.7 Å². The fourth-order valence-electron chi connectivity index (χ4n) is 1.74. The van der Waals surface area contributed by atoms with Gasteiger partial charge in [-0.2, -0.15) is 0 Å². The van der Waals surface area contributed by atoms with Gasteiger partial charge in [-0.3, -0.25) is 0 Å². The summed E-state index contributed by atoms with van der Waals surface area (Å²) < 4.78 is 7.08. The maximum absolute atomic E-state index is 8.93. The van der Waals surface area contributed by atoms with E-state index in [2.05, 4.69) is 4.98 Å². The van der Waals surface area contributed by atoms with Gasteiger partial charge >= 0.3 is 0 Å². The summed E-state index contributed by atoms with van der Waals surface area (Å²) >= 11 is 0. The Kier molecular flexibility index (Phi) is 3.77. The minimum Gasteiger partial charge on any atom is -0.497 e. The topological polar surface area (TPSA) is 47.3 Å². The first-order valence-corrected chi connectivity index (χ1v) is 5.57. The third-order valence-electron chi connectivity index (χ3n) is 2.66. The molecule has 0 unspecified atom stereocenters. The van der Waals surface area contributed by atoms with Crippen LogP contribution in [0.2, 0.25) is 0 Å². The average molecular weight is 232 g/mol. The van der Waals surface area contributed by atoms with Crippen LogP contribution in [0.3, 0.4) is 0 Å². The minimum absolute atomic E-state index is 0.131. The molecule has 0 bridgehead atoms. The van der Waals surface area contributed by atoms with Crippen LogP contribution in [0, 0.1) is 0 Å². The first kappa shape index (κ1) is 11.7. The smallest absolute Gasteiger partial charge is 0.118 e. The maximum Gasteiger partial charge on any atom is 0.118 e. The molecule has 0 radical (unpaired) electrons. The van der Waals surface area contributed by atoms with Gasteiger partial charge in [-0.05, 0) is 17.7 Å². The van der Waals surface area contributed by atoms with Crippen LogP contribution < -0.4 is 4.74 Å². The summed E-state index contributed by atoms with van der Waals surface area (Å²) in [5.41, 5.74) is 1.18. The number of hydrogen-bond donors (Lipinski definition) is 1. The van der Waals surface area contributed by atoms with E-state index in [9.17, 15) is 0 Å². The summed E-state index contributed by atoms with van der Waals surface area (Å²) in [7, 11) is 1.66. The zero-order valence-electron chi connectivity index (χ0n) is 9.84. The van der Waals surface area contributed by atoms with Crippen molar-refractivity contribution in [3.8, 4) is 5.75 Å². The zero-order valence-corrected chi connectivity index (χ0v) is 9.84. The van der Waals surface area contributed by atoms with E-state index in [4.69, 9.17) is 9.84 Å². The van der Waals surface area contributed by atoms with Crippen molar-refractivity contribution in [2.24, 2.45) is 0 Å². The third kappa shape index (κ3) is 2.85. The monoisotopic (exact) mass is 232 g/mol. The number of methoxy groups -OCH3 is 1. The van der Waals surface area contributed by atoms with Crippen molar-refractivity contribution in [3.63, 3.8) is 0 Å². The summed E-state index contributed by atoms with van der Waals surface area (Å²) in [5, 5.41) is 8.93. The highest BCUT2D eigenvalue weighted by atomic mass is 16.5. The summed E-state index contributed by atoms with van der Waals surface area (Å²) in [5.74, 6) is 1.82. The van der Waals surface area contributed by atoms with Gasteiger partial charge in [0.2, 0.25) is 0 Å². The third-order valence-corrected chi connectivity index (χ3v) is 2.66. The molecule has 0 aliphatic rings. The van der Waals surface area contributed by atoms with Gasteiger partial charge in [-0.15, -0.1) is 0 Å². The molecule has 0 aliphatic heterocycles. The van der Waals surface area contributed by atoms with E-state index in [0.717, 1.165) is 18.0 Å². The van der Waals surface area contributed by atoms with Crippen LogP contribution in [0.25, 0.3) is 0 Å². The molecule has 0 fully saturated rings. The molecule has 1 heterocycles. The van der Waals surface area contributed by atoms with Crippen LogP contribution in [0.15, 0.2) is 36.7 Å². The Hall–Kier alpha value is -1.81. The molecule has 0 aliphatic carbocycles. The van der Waals surface area contributed by atoms with Crippen LogP contribution in [0.4, 0.5) is 0 Å². The fourth-order valence-corrected chi connectivity index (χ4v) is 1.74. The van der Waals surface area contributed by atoms with Crippen molar-refractivity contribution in [2.75, 3.05) is 13.7 Å². The van der Waals surface area contributed by atoms with E-state index in [1.165, 1.54) is 5.56 Å². The molecule has 4 nitrogen and oxygen atoms in total. The van der Waals surface area contributed by atoms with E-state index >= 15 is 0 Å². The van der Waals surface area contributed by atoms with Gasteiger partial charge in [-0.25, -0.2) is 4.98 Å². The first-order valence-electron chi connectivity index (χ1n) is 5.57. The highest BCUT2D eigenvalue weighted by Gasteiger charge is 2.03. The van der Waals surface area contributed by atoms with E-state index < -0.39 is 0 Å². The number of aliphatic hydroxyl groups is 1. The zero-order chi connectivity index (χ0) is 12.1. The largest absolute Gasteiger partial charge is 0.497 e. The van der Waals surface area contributed by atoms with E-state index in [-0.39, 0.29) is 6.61 Å². The second-order valence-electron chi connectivity index (χ2n) is 3.79. The summed E-state index contributed by atoms with van der Waals surface area (Å²) in [4.78, 5) is 4.29. The van der Waals surface area contributed by atoms with Gasteiger partial charge in [-0.1, -0.05) is 12.1 Å². The summed E-state index contributed by atoms with van der Waals surface area (Å²) in [6.45, 7) is 0.720. The van der Waals surface area contributed by atoms with E-state index in [1.54, 1.807) is 13.3 Å². The van der Waals surface area contributed by atoms with Crippen LogP contribution in [0.1, 0.15) is 11.4 Å². The summed E-state index contributed by atoms with van der Waals surface area (Å²) in [6.07, 6.45) is 4.40. The van der Waals surface area contributed by atoms with Crippen LogP contribution in [-0.2, 0) is 13.0 Å². The Morgan fingerprint density at radius 1 is 1.29 bits per heavy atom. The number of imidazole rings is 1. The molecular weight excluding hydrogens is 216 g/mol. The van der Waals surface area contributed by atoms with Gasteiger partial charge in [0, 0.05) is 25.4 Å². The Morgan fingerprint density at radius 3 is 2.71 bits per heavy atom. The molecule has 1 aromatic carbocycles. The molecule has 0 saturated heterocycles. The second-order valence-corrected chi connectivity index (χ2v) is 3.79. The Bertz CT molecular complexity index is 463. The lowest BCUT2D eigenvalue weighted by Gasteiger charge is -2.06. The van der Waals surface area contributed by atoms with Crippen LogP contribution in [0.5, 0.6) is 5.75 Å². The number of hydrogen-bond acceptors (Lipinski definition) is 3.